The molecular weight excluding hydrogens is 564 g/mol. The van der Waals surface area contributed by atoms with Gasteiger partial charge in [-0.05, 0) is 49.3 Å². The van der Waals surface area contributed by atoms with Crippen LogP contribution in [0.2, 0.25) is 0 Å². The first-order chi connectivity index (χ1) is 21.0. The molecule has 2 rings (SSSR count). The van der Waals surface area contributed by atoms with Crippen LogP contribution >= 0.6 is 0 Å². The number of rotatable bonds is 19. The molecule has 12 nitrogen and oxygen atoms in total. The number of hydrogen-bond acceptors (Lipinski definition) is 7. The lowest BCUT2D eigenvalue weighted by molar-refractivity contribution is -0.139. The molecule has 240 valence electrons. The third-order valence-corrected chi connectivity index (χ3v) is 7.34. The molecule has 9 N–H and O–H groups in total. The second-order valence-electron chi connectivity index (χ2n) is 10.9. The molecule has 0 saturated heterocycles. The maximum Gasteiger partial charge on any atom is 0.322 e. The number of carbonyl (C=O) groups excluding carboxylic acids is 4. The van der Waals surface area contributed by atoms with E-state index in [0.29, 0.717) is 25.8 Å². The fourth-order valence-electron chi connectivity index (χ4n) is 4.56. The molecule has 0 aliphatic heterocycles. The number of aliphatic carboxylic acids is 1. The summed E-state index contributed by atoms with van der Waals surface area (Å²) in [7, 11) is 0. The van der Waals surface area contributed by atoms with Crippen LogP contribution in [-0.4, -0.2) is 72.0 Å². The number of nitrogens with one attached hydrogen (secondary N) is 4. The normalized spacial score (nSPS) is 14.3. The van der Waals surface area contributed by atoms with Gasteiger partial charge in [-0.1, -0.05) is 80.9 Å². The lowest BCUT2D eigenvalue weighted by Gasteiger charge is -2.28. The van der Waals surface area contributed by atoms with Crippen LogP contribution in [0.5, 0.6) is 0 Å². The van der Waals surface area contributed by atoms with Gasteiger partial charge in [-0.3, -0.25) is 24.0 Å². The van der Waals surface area contributed by atoms with E-state index in [0.717, 1.165) is 11.1 Å². The second kappa shape index (κ2) is 19.1. The van der Waals surface area contributed by atoms with E-state index in [1.165, 1.54) is 0 Å². The van der Waals surface area contributed by atoms with E-state index in [9.17, 15) is 24.0 Å². The number of carbonyl (C=O) groups is 5. The van der Waals surface area contributed by atoms with Crippen molar-refractivity contribution in [2.75, 3.05) is 13.1 Å². The summed E-state index contributed by atoms with van der Waals surface area (Å²) < 4.78 is 0. The number of carboxylic acid groups (broad SMARTS) is 1. The Bertz CT molecular complexity index is 1210. The molecule has 0 fully saturated rings. The van der Waals surface area contributed by atoms with Crippen molar-refractivity contribution in [3.05, 3.63) is 71.8 Å². The van der Waals surface area contributed by atoms with Crippen molar-refractivity contribution >= 4 is 29.6 Å². The lowest BCUT2D eigenvalue weighted by atomic mass is 9.97. The van der Waals surface area contributed by atoms with E-state index in [1.54, 1.807) is 31.2 Å². The average Bonchev–Trinajstić information content (AvgIpc) is 3.02. The van der Waals surface area contributed by atoms with Crippen molar-refractivity contribution in [3.63, 3.8) is 0 Å². The molecule has 2 aromatic carbocycles. The molecule has 0 unspecified atom stereocenters. The predicted octanol–water partition coefficient (Wildman–Crippen LogP) is 0.629. The van der Waals surface area contributed by atoms with Gasteiger partial charge >= 0.3 is 5.97 Å². The van der Waals surface area contributed by atoms with E-state index in [-0.39, 0.29) is 25.2 Å². The largest absolute Gasteiger partial charge is 0.480 e. The number of amides is 4. The number of carboxylic acids is 1. The first-order valence-electron chi connectivity index (χ1n) is 15.0. The number of unbranched alkanes of at least 4 members (excludes halogenated alkanes) is 1. The molecule has 2 aromatic rings. The summed E-state index contributed by atoms with van der Waals surface area (Å²) in [6.45, 7) is 3.42. The summed E-state index contributed by atoms with van der Waals surface area (Å²) in [4.78, 5) is 64.1. The van der Waals surface area contributed by atoms with Crippen LogP contribution in [0.25, 0.3) is 0 Å². The molecule has 0 aliphatic rings. The maximum absolute atomic E-state index is 13.6. The summed E-state index contributed by atoms with van der Waals surface area (Å²) in [5, 5.41) is 19.5. The highest BCUT2D eigenvalue weighted by molar-refractivity contribution is 5.95. The molecule has 5 atom stereocenters. The Balaban J connectivity index is 2.25. The van der Waals surface area contributed by atoms with Gasteiger partial charge < -0.3 is 37.8 Å². The van der Waals surface area contributed by atoms with Crippen LogP contribution in [0.15, 0.2) is 60.7 Å². The van der Waals surface area contributed by atoms with Gasteiger partial charge in [0.1, 0.15) is 24.7 Å². The fourth-order valence-corrected chi connectivity index (χ4v) is 4.56. The van der Waals surface area contributed by atoms with Crippen LogP contribution in [-0.2, 0) is 36.8 Å². The van der Waals surface area contributed by atoms with Gasteiger partial charge in [0.05, 0.1) is 6.04 Å². The molecule has 12 heteroatoms. The van der Waals surface area contributed by atoms with Gasteiger partial charge in [0.15, 0.2) is 0 Å². The van der Waals surface area contributed by atoms with E-state index in [1.807, 2.05) is 43.3 Å². The minimum Gasteiger partial charge on any atom is -0.480 e. The van der Waals surface area contributed by atoms with E-state index >= 15 is 0 Å². The van der Waals surface area contributed by atoms with Gasteiger partial charge in [-0.2, -0.15) is 0 Å². The third-order valence-electron chi connectivity index (χ3n) is 7.34. The monoisotopic (exact) mass is 610 g/mol. The number of nitrogens with two attached hydrogens (primary N) is 2. The molecule has 0 radical (unpaired) electrons. The zero-order valence-corrected chi connectivity index (χ0v) is 25.5. The minimum absolute atomic E-state index is 0.110. The molecule has 4 amide bonds. The van der Waals surface area contributed by atoms with Crippen LogP contribution in [0.3, 0.4) is 0 Å². The van der Waals surface area contributed by atoms with Gasteiger partial charge in [-0.15, -0.1) is 0 Å². The summed E-state index contributed by atoms with van der Waals surface area (Å²) >= 11 is 0. The van der Waals surface area contributed by atoms with E-state index in [2.05, 4.69) is 21.3 Å². The van der Waals surface area contributed by atoms with Crippen molar-refractivity contribution in [2.24, 2.45) is 17.4 Å². The fraction of sp³-hybridized carbons (Fsp3) is 0.469. The predicted molar refractivity (Wildman–Crippen MR) is 167 cm³/mol. The van der Waals surface area contributed by atoms with Crippen LogP contribution in [0.4, 0.5) is 0 Å². The number of benzene rings is 2. The summed E-state index contributed by atoms with van der Waals surface area (Å²) in [6.07, 6.45) is 2.38. The first-order valence-corrected chi connectivity index (χ1v) is 15.0. The molecule has 0 saturated carbocycles. The minimum atomic E-state index is -1.21. The lowest BCUT2D eigenvalue weighted by Crippen LogP contribution is -2.59. The molecule has 0 heterocycles. The Morgan fingerprint density at radius 3 is 1.84 bits per heavy atom. The molecule has 0 aliphatic carbocycles. The summed E-state index contributed by atoms with van der Waals surface area (Å²) in [6, 6.07) is 14.3. The Labute approximate surface area is 258 Å². The second-order valence-corrected chi connectivity index (χ2v) is 10.9. The average molecular weight is 611 g/mol. The highest BCUT2D eigenvalue weighted by Gasteiger charge is 2.32. The first kappa shape index (κ1) is 35.9. The third kappa shape index (κ3) is 12.5. The Morgan fingerprint density at radius 1 is 0.750 bits per heavy atom. The van der Waals surface area contributed by atoms with Gasteiger partial charge in [0.25, 0.3) is 0 Å². The standard InChI is InChI=1S/C32H46N6O6/c1-3-21(2)28(32(44)35-20-27(39)40)38-31(43)26(19-23-14-8-5-9-15-23)37-30(42)25(16-10-11-17-33)36-29(41)24(34)18-22-12-6-4-7-13-22/h4-9,12-15,21,24-26,28H,3,10-11,16-20,33-34H2,1-2H3,(H,35,44)(H,36,41)(H,37,42)(H,38,43)(H,39,40)/t21-,24-,25-,26-,28-/m0/s1. The van der Waals surface area contributed by atoms with Crippen LogP contribution in [0, 0.1) is 5.92 Å². The van der Waals surface area contributed by atoms with Crippen molar-refractivity contribution in [2.45, 2.75) is 76.5 Å². The van der Waals surface area contributed by atoms with Crippen molar-refractivity contribution < 1.29 is 29.1 Å². The van der Waals surface area contributed by atoms with Gasteiger partial charge in [0.2, 0.25) is 23.6 Å². The number of hydrogen-bond donors (Lipinski definition) is 7. The van der Waals surface area contributed by atoms with Gasteiger partial charge in [-0.25, -0.2) is 0 Å². The molecule has 44 heavy (non-hydrogen) atoms. The van der Waals surface area contributed by atoms with Crippen molar-refractivity contribution in [1.29, 1.82) is 0 Å². The SMILES string of the molecule is CC[C@H](C)[C@H](NC(=O)[C@H](Cc1ccccc1)NC(=O)[C@H](CCCCN)NC(=O)[C@@H](N)Cc1ccccc1)C(=O)NCC(=O)O. The molecule has 0 bridgehead atoms. The zero-order chi connectivity index (χ0) is 32.5. The maximum atomic E-state index is 13.6. The summed E-state index contributed by atoms with van der Waals surface area (Å²) in [5.41, 5.74) is 13.5. The highest BCUT2D eigenvalue weighted by Crippen LogP contribution is 2.11. The topological polar surface area (TPSA) is 206 Å². The zero-order valence-electron chi connectivity index (χ0n) is 25.5. The van der Waals surface area contributed by atoms with E-state index in [4.69, 9.17) is 16.6 Å². The van der Waals surface area contributed by atoms with Crippen LogP contribution in [0.1, 0.15) is 50.7 Å². The van der Waals surface area contributed by atoms with Crippen LogP contribution < -0.4 is 32.7 Å². The Hall–Kier alpha value is -4.29. The van der Waals surface area contributed by atoms with Crippen molar-refractivity contribution in [3.8, 4) is 0 Å². The van der Waals surface area contributed by atoms with Gasteiger partial charge in [0, 0.05) is 6.42 Å². The highest BCUT2D eigenvalue weighted by atomic mass is 16.4. The Morgan fingerprint density at radius 2 is 1.30 bits per heavy atom. The molecule has 0 spiro atoms. The smallest absolute Gasteiger partial charge is 0.322 e. The summed E-state index contributed by atoms with van der Waals surface area (Å²) in [5.74, 6) is -3.88. The quantitative estimate of drug-likeness (QED) is 0.112. The van der Waals surface area contributed by atoms with Crippen molar-refractivity contribution in [1.82, 2.24) is 21.3 Å². The van der Waals surface area contributed by atoms with E-state index < -0.39 is 60.3 Å². The Kier molecular flexibility index (Phi) is 15.6. The molecular formula is C32H46N6O6. The molecule has 0 aromatic heterocycles.